The zero-order valence-corrected chi connectivity index (χ0v) is 8.60. The summed E-state index contributed by atoms with van der Waals surface area (Å²) in [5.41, 5.74) is 0.578. The van der Waals surface area contributed by atoms with Gasteiger partial charge in [-0.05, 0) is 18.2 Å². The Labute approximate surface area is 91.5 Å². The van der Waals surface area contributed by atoms with Crippen LogP contribution in [0.2, 0.25) is 5.15 Å². The number of halogens is 2. The Kier molecular flexibility index (Phi) is 2.97. The Balaban J connectivity index is 2.35. The molecule has 1 unspecified atom stereocenters. The van der Waals surface area contributed by atoms with Gasteiger partial charge >= 0.3 is 0 Å². The predicted molar refractivity (Wildman–Crippen MR) is 55.6 cm³/mol. The van der Waals surface area contributed by atoms with Crippen LogP contribution in [-0.4, -0.2) is 21.4 Å². The van der Waals surface area contributed by atoms with E-state index in [2.05, 4.69) is 10.1 Å². The molecule has 0 radical (unpaired) electrons. The lowest BCUT2D eigenvalue weighted by atomic mass is 10.2. The summed E-state index contributed by atoms with van der Waals surface area (Å²) < 4.78 is 14.4. The van der Waals surface area contributed by atoms with E-state index in [-0.39, 0.29) is 0 Å². The summed E-state index contributed by atoms with van der Waals surface area (Å²) in [7, 11) is 0. The van der Waals surface area contributed by atoms with Crippen LogP contribution in [0.4, 0.5) is 4.39 Å². The summed E-state index contributed by atoms with van der Waals surface area (Å²) in [4.78, 5) is 4.06. The SMILES string of the molecule is FCC(c1cccc(Cl)n1)n1cccn1. The van der Waals surface area contributed by atoms with Crippen molar-refractivity contribution in [1.82, 2.24) is 14.8 Å². The van der Waals surface area contributed by atoms with Crippen molar-refractivity contribution in [3.63, 3.8) is 0 Å². The maximum absolute atomic E-state index is 12.9. The third-order valence-corrected chi connectivity index (χ3v) is 2.28. The monoisotopic (exact) mass is 225 g/mol. The van der Waals surface area contributed by atoms with Crippen LogP contribution in [0.1, 0.15) is 11.7 Å². The fourth-order valence-corrected chi connectivity index (χ4v) is 1.53. The third-order valence-electron chi connectivity index (χ3n) is 2.07. The quantitative estimate of drug-likeness (QED) is 0.752. The fraction of sp³-hybridized carbons (Fsp3) is 0.200. The first-order valence-corrected chi connectivity index (χ1v) is 4.86. The number of alkyl halides is 1. The van der Waals surface area contributed by atoms with E-state index >= 15 is 0 Å². The van der Waals surface area contributed by atoms with Crippen molar-refractivity contribution in [1.29, 1.82) is 0 Å². The number of nitrogens with zero attached hydrogens (tertiary/aromatic N) is 3. The van der Waals surface area contributed by atoms with Crippen LogP contribution in [-0.2, 0) is 0 Å². The van der Waals surface area contributed by atoms with Crippen molar-refractivity contribution in [2.24, 2.45) is 0 Å². The number of hydrogen-bond acceptors (Lipinski definition) is 2. The highest BCUT2D eigenvalue weighted by Crippen LogP contribution is 2.17. The Hall–Kier alpha value is -1.42. The standard InChI is InChI=1S/C10H9ClFN3/c11-10-4-1-3-8(14-10)9(7-12)15-6-2-5-13-15/h1-6,9H,7H2. The van der Waals surface area contributed by atoms with E-state index in [1.54, 1.807) is 36.7 Å². The van der Waals surface area contributed by atoms with Crippen molar-refractivity contribution in [3.8, 4) is 0 Å². The molecule has 0 spiro atoms. The normalized spacial score (nSPS) is 12.7. The zero-order valence-electron chi connectivity index (χ0n) is 7.85. The van der Waals surface area contributed by atoms with Crippen LogP contribution in [0.25, 0.3) is 0 Å². The molecule has 2 heterocycles. The van der Waals surface area contributed by atoms with Gasteiger partial charge in [0.1, 0.15) is 17.9 Å². The first-order valence-electron chi connectivity index (χ1n) is 4.49. The molecule has 0 fully saturated rings. The van der Waals surface area contributed by atoms with Crippen molar-refractivity contribution in [2.75, 3.05) is 6.67 Å². The first-order chi connectivity index (χ1) is 7.31. The van der Waals surface area contributed by atoms with E-state index in [9.17, 15) is 4.39 Å². The fourth-order valence-electron chi connectivity index (χ4n) is 1.36. The van der Waals surface area contributed by atoms with Gasteiger partial charge in [0.15, 0.2) is 0 Å². The van der Waals surface area contributed by atoms with Crippen molar-refractivity contribution in [3.05, 3.63) is 47.5 Å². The molecule has 0 aromatic carbocycles. The van der Waals surface area contributed by atoms with Crippen molar-refractivity contribution < 1.29 is 4.39 Å². The van der Waals surface area contributed by atoms with Crippen LogP contribution in [0.3, 0.4) is 0 Å². The first kappa shape index (κ1) is 10.1. The number of hydrogen-bond donors (Lipinski definition) is 0. The predicted octanol–water partition coefficient (Wildman–Crippen LogP) is 2.49. The molecule has 1 atom stereocenters. The molecule has 15 heavy (non-hydrogen) atoms. The largest absolute Gasteiger partial charge is 0.261 e. The van der Waals surface area contributed by atoms with Crippen LogP contribution in [0, 0.1) is 0 Å². The molecule has 0 amide bonds. The smallest absolute Gasteiger partial charge is 0.129 e. The van der Waals surface area contributed by atoms with Crippen molar-refractivity contribution in [2.45, 2.75) is 6.04 Å². The molecule has 5 heteroatoms. The molecule has 2 aromatic heterocycles. The van der Waals surface area contributed by atoms with Crippen molar-refractivity contribution >= 4 is 11.6 Å². The highest BCUT2D eigenvalue weighted by atomic mass is 35.5. The molecule has 3 nitrogen and oxygen atoms in total. The molecule has 0 saturated carbocycles. The number of aromatic nitrogens is 3. The molecule has 0 aliphatic heterocycles. The molecule has 0 aliphatic carbocycles. The molecule has 0 saturated heterocycles. The zero-order chi connectivity index (χ0) is 10.7. The van der Waals surface area contributed by atoms with E-state index in [4.69, 9.17) is 11.6 Å². The van der Waals surface area contributed by atoms with Gasteiger partial charge in [-0.1, -0.05) is 17.7 Å². The second-order valence-electron chi connectivity index (χ2n) is 3.04. The lowest BCUT2D eigenvalue weighted by Crippen LogP contribution is -2.14. The third kappa shape index (κ3) is 2.15. The van der Waals surface area contributed by atoms with Crippen LogP contribution >= 0.6 is 11.6 Å². The van der Waals surface area contributed by atoms with Gasteiger partial charge in [-0.25, -0.2) is 9.37 Å². The molecule has 0 bridgehead atoms. The molecule has 78 valence electrons. The van der Waals surface area contributed by atoms with Gasteiger partial charge in [-0.3, -0.25) is 4.68 Å². The van der Waals surface area contributed by atoms with Crippen LogP contribution < -0.4 is 0 Å². The minimum atomic E-state index is -0.560. The van der Waals surface area contributed by atoms with Gasteiger partial charge in [0.05, 0.1) is 5.69 Å². The average Bonchev–Trinajstić information content (AvgIpc) is 2.72. The second kappa shape index (κ2) is 4.40. The molecule has 2 rings (SSSR count). The van der Waals surface area contributed by atoms with Gasteiger partial charge in [-0.2, -0.15) is 5.10 Å². The lowest BCUT2D eigenvalue weighted by molar-refractivity contribution is 0.370. The average molecular weight is 226 g/mol. The molecular weight excluding hydrogens is 217 g/mol. The van der Waals surface area contributed by atoms with E-state index in [0.717, 1.165) is 0 Å². The van der Waals surface area contributed by atoms with Gasteiger partial charge in [0, 0.05) is 12.4 Å². The van der Waals surface area contributed by atoms with Gasteiger partial charge in [0.2, 0.25) is 0 Å². The molecule has 2 aromatic rings. The summed E-state index contributed by atoms with van der Waals surface area (Å²) in [6.45, 7) is -0.560. The Morgan fingerprint density at radius 3 is 2.87 bits per heavy atom. The highest BCUT2D eigenvalue weighted by molar-refractivity contribution is 6.29. The Bertz CT molecular complexity index is 430. The van der Waals surface area contributed by atoms with Crippen LogP contribution in [0.5, 0.6) is 0 Å². The Morgan fingerprint density at radius 2 is 2.27 bits per heavy atom. The second-order valence-corrected chi connectivity index (χ2v) is 3.43. The summed E-state index contributed by atoms with van der Waals surface area (Å²) in [5.74, 6) is 0. The van der Waals surface area contributed by atoms with Gasteiger partial charge < -0.3 is 0 Å². The maximum Gasteiger partial charge on any atom is 0.129 e. The van der Waals surface area contributed by atoms with Gasteiger partial charge in [-0.15, -0.1) is 0 Å². The number of pyridine rings is 1. The molecule has 0 N–H and O–H groups in total. The Morgan fingerprint density at radius 1 is 1.40 bits per heavy atom. The van der Waals surface area contributed by atoms with E-state index < -0.39 is 12.7 Å². The maximum atomic E-state index is 12.9. The summed E-state index contributed by atoms with van der Waals surface area (Å²) in [6, 6.07) is 6.38. The summed E-state index contributed by atoms with van der Waals surface area (Å²) >= 11 is 5.74. The minimum absolute atomic E-state index is 0.359. The van der Waals surface area contributed by atoms with E-state index in [1.807, 2.05) is 0 Å². The summed E-state index contributed by atoms with van der Waals surface area (Å²) in [6.07, 6.45) is 3.31. The van der Waals surface area contributed by atoms with E-state index in [0.29, 0.717) is 10.8 Å². The molecular formula is C10H9ClFN3. The van der Waals surface area contributed by atoms with Gasteiger partial charge in [0.25, 0.3) is 0 Å². The van der Waals surface area contributed by atoms with E-state index in [1.165, 1.54) is 4.68 Å². The summed E-state index contributed by atoms with van der Waals surface area (Å²) in [5, 5.41) is 4.35. The lowest BCUT2D eigenvalue weighted by Gasteiger charge is -2.13. The minimum Gasteiger partial charge on any atom is -0.261 e. The van der Waals surface area contributed by atoms with Crippen LogP contribution in [0.15, 0.2) is 36.7 Å². The highest BCUT2D eigenvalue weighted by Gasteiger charge is 2.15. The topological polar surface area (TPSA) is 30.7 Å². The number of rotatable bonds is 3. The molecule has 0 aliphatic rings.